The smallest absolute Gasteiger partial charge is 0.235 e. The molecule has 0 aliphatic heterocycles. The zero-order valence-electron chi connectivity index (χ0n) is 12.5. The number of anilines is 1. The molecule has 7 heteroatoms. The van der Waals surface area contributed by atoms with Crippen LogP contribution in [0.5, 0.6) is 17.5 Å². The fourth-order valence-electron chi connectivity index (χ4n) is 1.61. The number of methoxy groups -OCH3 is 1. The normalized spacial score (nSPS) is 9.91. The molecule has 1 aromatic carbocycles. The van der Waals surface area contributed by atoms with Gasteiger partial charge in [0.2, 0.25) is 17.7 Å². The molecule has 1 aromatic heterocycles. The van der Waals surface area contributed by atoms with Gasteiger partial charge >= 0.3 is 0 Å². The first kappa shape index (κ1) is 16.0. The van der Waals surface area contributed by atoms with Crippen LogP contribution >= 0.6 is 12.2 Å². The summed E-state index contributed by atoms with van der Waals surface area (Å²) in [7, 11) is 1.53. The third-order valence-corrected chi connectivity index (χ3v) is 2.86. The lowest BCUT2D eigenvalue weighted by Gasteiger charge is -2.11. The zero-order valence-corrected chi connectivity index (χ0v) is 13.3. The maximum Gasteiger partial charge on any atom is 0.235 e. The second-order valence-electron chi connectivity index (χ2n) is 4.37. The van der Waals surface area contributed by atoms with Crippen molar-refractivity contribution in [2.24, 2.45) is 0 Å². The van der Waals surface area contributed by atoms with E-state index in [0.717, 1.165) is 13.0 Å². The summed E-state index contributed by atoms with van der Waals surface area (Å²) in [5.41, 5.74) is 0. The van der Waals surface area contributed by atoms with E-state index in [9.17, 15) is 0 Å². The summed E-state index contributed by atoms with van der Waals surface area (Å²) in [5.74, 6) is 1.76. The molecule has 0 unspecified atom stereocenters. The van der Waals surface area contributed by atoms with E-state index >= 15 is 0 Å². The van der Waals surface area contributed by atoms with Gasteiger partial charge in [-0.1, -0.05) is 25.1 Å². The molecular weight excluding hydrogens is 300 g/mol. The SMILES string of the molecule is CCCNC(=S)Nc1nc(OC)cc(Oc2ccccc2)n1. The Morgan fingerprint density at radius 2 is 1.91 bits per heavy atom. The van der Waals surface area contributed by atoms with Crippen LogP contribution in [-0.4, -0.2) is 28.7 Å². The molecule has 0 atom stereocenters. The van der Waals surface area contributed by atoms with Crippen LogP contribution in [0.1, 0.15) is 13.3 Å². The molecule has 0 aliphatic carbocycles. The van der Waals surface area contributed by atoms with Crippen molar-refractivity contribution < 1.29 is 9.47 Å². The van der Waals surface area contributed by atoms with Crippen molar-refractivity contribution in [3.8, 4) is 17.5 Å². The number of hydrogen-bond donors (Lipinski definition) is 2. The van der Waals surface area contributed by atoms with Crippen LogP contribution in [0.2, 0.25) is 0 Å². The highest BCUT2D eigenvalue weighted by molar-refractivity contribution is 7.80. The average Bonchev–Trinajstić information content (AvgIpc) is 2.53. The van der Waals surface area contributed by atoms with Crippen molar-refractivity contribution in [2.75, 3.05) is 19.0 Å². The van der Waals surface area contributed by atoms with E-state index in [4.69, 9.17) is 21.7 Å². The molecule has 0 spiro atoms. The number of para-hydroxylation sites is 1. The minimum Gasteiger partial charge on any atom is -0.481 e. The van der Waals surface area contributed by atoms with Crippen LogP contribution in [0.15, 0.2) is 36.4 Å². The Balaban J connectivity index is 2.13. The summed E-state index contributed by atoms with van der Waals surface area (Å²) < 4.78 is 10.9. The van der Waals surface area contributed by atoms with Crippen LogP contribution in [0.25, 0.3) is 0 Å². The van der Waals surface area contributed by atoms with Gasteiger partial charge in [0.1, 0.15) is 5.75 Å². The van der Waals surface area contributed by atoms with E-state index in [1.807, 2.05) is 30.3 Å². The average molecular weight is 318 g/mol. The summed E-state index contributed by atoms with van der Waals surface area (Å²) in [6.45, 7) is 2.84. The lowest BCUT2D eigenvalue weighted by atomic mass is 10.3. The quantitative estimate of drug-likeness (QED) is 0.794. The Bertz CT molecular complexity index is 622. The summed E-state index contributed by atoms with van der Waals surface area (Å²) in [4.78, 5) is 8.46. The van der Waals surface area contributed by atoms with Gasteiger partial charge in [-0.2, -0.15) is 9.97 Å². The third kappa shape index (κ3) is 4.85. The summed E-state index contributed by atoms with van der Waals surface area (Å²) in [5, 5.41) is 6.42. The van der Waals surface area contributed by atoms with Crippen LogP contribution in [0.4, 0.5) is 5.95 Å². The van der Waals surface area contributed by atoms with Gasteiger partial charge in [0, 0.05) is 6.54 Å². The Morgan fingerprint density at radius 1 is 1.18 bits per heavy atom. The maximum absolute atomic E-state index is 5.69. The molecule has 0 amide bonds. The molecule has 1 heterocycles. The molecule has 0 fully saturated rings. The predicted molar refractivity (Wildman–Crippen MR) is 89.6 cm³/mol. The minimum absolute atomic E-state index is 0.318. The van der Waals surface area contributed by atoms with Crippen molar-refractivity contribution in [1.82, 2.24) is 15.3 Å². The minimum atomic E-state index is 0.318. The fraction of sp³-hybridized carbons (Fsp3) is 0.267. The lowest BCUT2D eigenvalue weighted by Crippen LogP contribution is -2.29. The largest absolute Gasteiger partial charge is 0.481 e. The molecule has 0 radical (unpaired) electrons. The molecule has 0 aliphatic rings. The molecule has 22 heavy (non-hydrogen) atoms. The van der Waals surface area contributed by atoms with Crippen LogP contribution in [-0.2, 0) is 0 Å². The summed E-state index contributed by atoms with van der Waals surface area (Å²) >= 11 is 5.17. The molecule has 2 N–H and O–H groups in total. The molecule has 6 nitrogen and oxygen atoms in total. The predicted octanol–water partition coefficient (Wildman–Crippen LogP) is 2.97. The second-order valence-corrected chi connectivity index (χ2v) is 4.78. The first-order valence-corrected chi connectivity index (χ1v) is 7.33. The Kier molecular flexibility index (Phi) is 5.91. The van der Waals surface area contributed by atoms with E-state index in [1.165, 1.54) is 7.11 Å². The van der Waals surface area contributed by atoms with Crippen molar-refractivity contribution in [3.05, 3.63) is 36.4 Å². The number of nitrogens with one attached hydrogen (secondary N) is 2. The number of ether oxygens (including phenoxy) is 2. The van der Waals surface area contributed by atoms with Gasteiger partial charge in [-0.3, -0.25) is 0 Å². The first-order chi connectivity index (χ1) is 10.7. The van der Waals surface area contributed by atoms with Crippen molar-refractivity contribution in [2.45, 2.75) is 13.3 Å². The van der Waals surface area contributed by atoms with Crippen molar-refractivity contribution >= 4 is 23.3 Å². The topological polar surface area (TPSA) is 68.3 Å². The van der Waals surface area contributed by atoms with Crippen molar-refractivity contribution in [3.63, 3.8) is 0 Å². The first-order valence-electron chi connectivity index (χ1n) is 6.92. The lowest BCUT2D eigenvalue weighted by molar-refractivity contribution is 0.389. The molecule has 116 valence electrons. The van der Waals surface area contributed by atoms with Crippen LogP contribution < -0.4 is 20.1 Å². The number of thiocarbonyl (C=S) groups is 1. The highest BCUT2D eigenvalue weighted by atomic mass is 32.1. The molecule has 0 saturated carbocycles. The van der Waals surface area contributed by atoms with Gasteiger partial charge in [0.05, 0.1) is 13.2 Å². The molecular formula is C15H18N4O2S. The standard InChI is InChI=1S/C15H18N4O2S/c1-3-9-16-15(22)19-14-17-12(20-2)10-13(18-14)21-11-7-5-4-6-8-11/h4-8,10H,3,9H2,1-2H3,(H2,16,17,18,19,22). The van der Waals surface area contributed by atoms with Gasteiger partial charge in [-0.25, -0.2) is 0 Å². The fourth-order valence-corrected chi connectivity index (χ4v) is 1.80. The van der Waals surface area contributed by atoms with Gasteiger partial charge in [-0.15, -0.1) is 0 Å². The van der Waals surface area contributed by atoms with E-state index < -0.39 is 0 Å². The third-order valence-electron chi connectivity index (χ3n) is 2.61. The van der Waals surface area contributed by atoms with E-state index in [0.29, 0.717) is 28.6 Å². The van der Waals surface area contributed by atoms with E-state index in [2.05, 4.69) is 27.5 Å². The Morgan fingerprint density at radius 3 is 2.59 bits per heavy atom. The number of hydrogen-bond acceptors (Lipinski definition) is 5. The van der Waals surface area contributed by atoms with E-state index in [-0.39, 0.29) is 0 Å². The summed E-state index contributed by atoms with van der Waals surface area (Å²) in [6.07, 6.45) is 0.975. The monoisotopic (exact) mass is 318 g/mol. The molecule has 2 aromatic rings. The number of benzene rings is 1. The van der Waals surface area contributed by atoms with Crippen LogP contribution in [0.3, 0.4) is 0 Å². The Labute approximate surface area is 134 Å². The molecule has 2 rings (SSSR count). The number of rotatable bonds is 6. The highest BCUT2D eigenvalue weighted by Crippen LogP contribution is 2.23. The second kappa shape index (κ2) is 8.14. The zero-order chi connectivity index (χ0) is 15.8. The molecule has 0 bridgehead atoms. The summed E-state index contributed by atoms with van der Waals surface area (Å²) in [6, 6.07) is 11.0. The Hall–Kier alpha value is -2.41. The number of aromatic nitrogens is 2. The number of nitrogens with zero attached hydrogens (tertiary/aromatic N) is 2. The highest BCUT2D eigenvalue weighted by Gasteiger charge is 2.08. The van der Waals surface area contributed by atoms with Gasteiger partial charge in [-0.05, 0) is 30.8 Å². The van der Waals surface area contributed by atoms with Gasteiger partial charge in [0.25, 0.3) is 0 Å². The van der Waals surface area contributed by atoms with E-state index in [1.54, 1.807) is 6.07 Å². The molecule has 0 saturated heterocycles. The van der Waals surface area contributed by atoms with Gasteiger partial charge < -0.3 is 20.1 Å². The van der Waals surface area contributed by atoms with Crippen molar-refractivity contribution in [1.29, 1.82) is 0 Å². The van der Waals surface area contributed by atoms with Crippen LogP contribution in [0, 0.1) is 0 Å². The van der Waals surface area contributed by atoms with Gasteiger partial charge in [0.15, 0.2) is 5.11 Å². The maximum atomic E-state index is 5.69.